The zero-order valence-corrected chi connectivity index (χ0v) is 13.6. The van der Waals surface area contributed by atoms with Gasteiger partial charge in [0.1, 0.15) is 0 Å². The van der Waals surface area contributed by atoms with Crippen molar-refractivity contribution in [1.29, 1.82) is 0 Å². The van der Waals surface area contributed by atoms with Gasteiger partial charge in [0.15, 0.2) is 0 Å². The number of nitrogens with two attached hydrogens (primary N) is 1. The molecular formula is C11H14BrClN2O3S. The summed E-state index contributed by atoms with van der Waals surface area (Å²) in [6, 6.07) is 2.46. The predicted molar refractivity (Wildman–Crippen MR) is 77.8 cm³/mol. The first kappa shape index (κ1) is 16.4. The third-order valence-corrected chi connectivity index (χ3v) is 4.62. The molecule has 5 nitrogen and oxygen atoms in total. The van der Waals surface area contributed by atoms with Gasteiger partial charge in [-0.1, -0.05) is 18.5 Å². The number of sulfonamides is 1. The lowest BCUT2D eigenvalue weighted by atomic mass is 10.2. The summed E-state index contributed by atoms with van der Waals surface area (Å²) in [7, 11) is -2.27. The number of primary sulfonamides is 1. The number of benzene rings is 1. The molecule has 0 aliphatic carbocycles. The number of carbonyl (C=O) groups is 1. The first-order valence-electron chi connectivity index (χ1n) is 5.45. The van der Waals surface area contributed by atoms with Crippen LogP contribution in [0.2, 0.25) is 5.02 Å². The Hall–Kier alpha value is -0.630. The molecule has 0 aliphatic rings. The molecule has 2 N–H and O–H groups in total. The molecule has 0 saturated carbocycles. The second kappa shape index (κ2) is 6.21. The molecule has 0 saturated heterocycles. The van der Waals surface area contributed by atoms with Gasteiger partial charge in [0, 0.05) is 18.1 Å². The number of halogens is 2. The van der Waals surface area contributed by atoms with Crippen molar-refractivity contribution >= 4 is 43.5 Å². The molecule has 0 aromatic heterocycles. The summed E-state index contributed by atoms with van der Waals surface area (Å²) in [5, 5.41) is 5.23. The van der Waals surface area contributed by atoms with Crippen molar-refractivity contribution in [2.45, 2.75) is 18.2 Å². The van der Waals surface area contributed by atoms with Crippen LogP contribution in [0.1, 0.15) is 23.7 Å². The average Bonchev–Trinajstić information content (AvgIpc) is 2.30. The van der Waals surface area contributed by atoms with Gasteiger partial charge in [-0.2, -0.15) is 0 Å². The minimum absolute atomic E-state index is 0.107. The van der Waals surface area contributed by atoms with E-state index in [0.717, 1.165) is 6.42 Å². The van der Waals surface area contributed by atoms with Crippen molar-refractivity contribution in [2.75, 3.05) is 13.6 Å². The summed E-state index contributed by atoms with van der Waals surface area (Å²) in [5.41, 5.74) is 0.107. The summed E-state index contributed by atoms with van der Waals surface area (Å²) >= 11 is 9.15. The number of carbonyl (C=O) groups excluding carboxylic acids is 1. The Bertz CT molecular complexity index is 604. The molecule has 0 heterocycles. The quantitative estimate of drug-likeness (QED) is 0.883. The van der Waals surface area contributed by atoms with Crippen LogP contribution in [0.15, 0.2) is 21.5 Å². The lowest BCUT2D eigenvalue weighted by Gasteiger charge is -2.17. The van der Waals surface area contributed by atoms with E-state index < -0.39 is 10.0 Å². The molecule has 0 fully saturated rings. The highest BCUT2D eigenvalue weighted by atomic mass is 79.9. The first-order valence-corrected chi connectivity index (χ1v) is 8.17. The zero-order chi connectivity index (χ0) is 14.8. The van der Waals surface area contributed by atoms with Crippen LogP contribution in [-0.4, -0.2) is 32.8 Å². The topological polar surface area (TPSA) is 80.5 Å². The van der Waals surface area contributed by atoms with Gasteiger partial charge >= 0.3 is 0 Å². The van der Waals surface area contributed by atoms with Gasteiger partial charge in [-0.05, 0) is 34.5 Å². The molecule has 8 heteroatoms. The van der Waals surface area contributed by atoms with E-state index in [-0.39, 0.29) is 21.4 Å². The van der Waals surface area contributed by atoms with E-state index in [2.05, 4.69) is 15.9 Å². The van der Waals surface area contributed by atoms with Gasteiger partial charge in [-0.15, -0.1) is 0 Å². The molecule has 19 heavy (non-hydrogen) atoms. The smallest absolute Gasteiger partial charge is 0.255 e. The van der Waals surface area contributed by atoms with Crippen molar-refractivity contribution in [2.24, 2.45) is 5.14 Å². The average molecular weight is 370 g/mol. The number of rotatable bonds is 4. The Kier molecular flexibility index (Phi) is 5.37. The van der Waals surface area contributed by atoms with E-state index in [1.807, 2.05) is 6.92 Å². The third-order valence-electron chi connectivity index (χ3n) is 2.47. The monoisotopic (exact) mass is 368 g/mol. The van der Waals surface area contributed by atoms with Crippen molar-refractivity contribution in [3.8, 4) is 0 Å². The summed E-state index contributed by atoms with van der Waals surface area (Å²) in [6.45, 7) is 2.48. The van der Waals surface area contributed by atoms with Crippen molar-refractivity contribution in [1.82, 2.24) is 4.90 Å². The number of nitrogens with zero attached hydrogens (tertiary/aromatic N) is 1. The van der Waals surface area contributed by atoms with Crippen molar-refractivity contribution in [3.05, 3.63) is 27.2 Å². The van der Waals surface area contributed by atoms with Gasteiger partial charge in [0.2, 0.25) is 10.0 Å². The van der Waals surface area contributed by atoms with Crippen LogP contribution in [0.5, 0.6) is 0 Å². The van der Waals surface area contributed by atoms with Gasteiger partial charge in [0.25, 0.3) is 5.91 Å². The fraction of sp³-hybridized carbons (Fsp3) is 0.364. The molecule has 0 spiro atoms. The molecule has 0 atom stereocenters. The fourth-order valence-corrected chi connectivity index (χ4v) is 2.89. The van der Waals surface area contributed by atoms with E-state index in [0.29, 0.717) is 11.0 Å². The second-order valence-corrected chi connectivity index (χ2v) is 6.83. The standard InChI is InChI=1S/C11H14BrClN2O3S/c1-3-4-15(2)11(16)8-5-7(19(14,17)18)6-9(12)10(8)13/h5-6H,3-4H2,1-2H3,(H2,14,17,18). The maximum absolute atomic E-state index is 12.2. The van der Waals surface area contributed by atoms with Crippen LogP contribution in [0.25, 0.3) is 0 Å². The minimum atomic E-state index is -3.90. The largest absolute Gasteiger partial charge is 0.342 e. The van der Waals surface area contributed by atoms with Crippen molar-refractivity contribution < 1.29 is 13.2 Å². The van der Waals surface area contributed by atoms with Gasteiger partial charge in [0.05, 0.1) is 15.5 Å². The predicted octanol–water partition coefficient (Wildman–Crippen LogP) is 2.23. The fourth-order valence-electron chi connectivity index (χ4n) is 1.53. The number of hydrogen-bond donors (Lipinski definition) is 1. The van der Waals surface area contributed by atoms with Crippen LogP contribution >= 0.6 is 27.5 Å². The van der Waals surface area contributed by atoms with Crippen LogP contribution in [0, 0.1) is 0 Å². The van der Waals surface area contributed by atoms with E-state index in [4.69, 9.17) is 16.7 Å². The van der Waals surface area contributed by atoms with Crippen LogP contribution < -0.4 is 5.14 Å². The zero-order valence-electron chi connectivity index (χ0n) is 10.5. The van der Waals surface area contributed by atoms with Crippen molar-refractivity contribution in [3.63, 3.8) is 0 Å². The van der Waals surface area contributed by atoms with Crippen LogP contribution in [-0.2, 0) is 10.0 Å². The summed E-state index contributed by atoms with van der Waals surface area (Å²) in [4.78, 5) is 13.5. The summed E-state index contributed by atoms with van der Waals surface area (Å²) in [6.07, 6.45) is 0.788. The Balaban J connectivity index is 3.35. The highest BCUT2D eigenvalue weighted by Gasteiger charge is 2.20. The molecule has 0 unspecified atom stereocenters. The molecule has 1 rings (SSSR count). The maximum Gasteiger partial charge on any atom is 0.255 e. The highest BCUT2D eigenvalue weighted by Crippen LogP contribution is 2.30. The SMILES string of the molecule is CCCN(C)C(=O)c1cc(S(N)(=O)=O)cc(Br)c1Cl. The van der Waals surface area contributed by atoms with Crippen LogP contribution in [0.4, 0.5) is 0 Å². The lowest BCUT2D eigenvalue weighted by Crippen LogP contribution is -2.28. The normalized spacial score (nSPS) is 11.4. The Morgan fingerprint density at radius 3 is 2.53 bits per heavy atom. The molecule has 0 bridgehead atoms. The van der Waals surface area contributed by atoms with Crippen LogP contribution in [0.3, 0.4) is 0 Å². The van der Waals surface area contributed by atoms with E-state index >= 15 is 0 Å². The molecule has 1 amide bonds. The molecule has 1 aromatic rings. The number of hydrogen-bond acceptors (Lipinski definition) is 3. The van der Waals surface area contributed by atoms with E-state index in [1.165, 1.54) is 17.0 Å². The summed E-state index contributed by atoms with van der Waals surface area (Å²) < 4.78 is 23.0. The molecule has 0 aliphatic heterocycles. The molecule has 1 aromatic carbocycles. The van der Waals surface area contributed by atoms with E-state index in [1.54, 1.807) is 7.05 Å². The molecular weight excluding hydrogens is 356 g/mol. The third kappa shape index (κ3) is 3.92. The van der Waals surface area contributed by atoms with Gasteiger partial charge < -0.3 is 4.90 Å². The Labute approximate surface area is 125 Å². The lowest BCUT2D eigenvalue weighted by molar-refractivity contribution is 0.0795. The minimum Gasteiger partial charge on any atom is -0.342 e. The first-order chi connectivity index (χ1) is 8.68. The maximum atomic E-state index is 12.2. The molecule has 0 radical (unpaired) electrons. The Morgan fingerprint density at radius 2 is 2.05 bits per heavy atom. The Morgan fingerprint density at radius 1 is 1.47 bits per heavy atom. The molecule has 106 valence electrons. The van der Waals surface area contributed by atoms with Gasteiger partial charge in [-0.3, -0.25) is 4.79 Å². The van der Waals surface area contributed by atoms with E-state index in [9.17, 15) is 13.2 Å². The second-order valence-electron chi connectivity index (χ2n) is 4.04. The highest BCUT2D eigenvalue weighted by molar-refractivity contribution is 9.10. The van der Waals surface area contributed by atoms with Gasteiger partial charge in [-0.25, -0.2) is 13.6 Å². The summed E-state index contributed by atoms with van der Waals surface area (Å²) in [5.74, 6) is -0.349. The number of amides is 1.